The van der Waals surface area contributed by atoms with E-state index in [1.165, 1.54) is 0 Å². The first-order valence-electron chi connectivity index (χ1n) is 6.37. The lowest BCUT2D eigenvalue weighted by Crippen LogP contribution is -2.46. The lowest BCUT2D eigenvalue weighted by molar-refractivity contribution is 0.0508. The Labute approximate surface area is 101 Å². The highest BCUT2D eigenvalue weighted by Gasteiger charge is 2.20. The molecule has 0 aliphatic rings. The van der Waals surface area contributed by atoms with E-state index in [2.05, 4.69) is 38.2 Å². The molecule has 3 heteroatoms. The molecule has 0 aliphatic heterocycles. The summed E-state index contributed by atoms with van der Waals surface area (Å²) in [6.45, 7) is 10.1. The molecule has 16 heavy (non-hydrogen) atoms. The number of nitrogens with one attached hydrogen (secondary N) is 1. The molecule has 0 rings (SSSR count). The zero-order chi connectivity index (χ0) is 12.8. The SMILES string of the molecule is CCC(C)(O)CNC(CC(C)C)CN(C)C. The summed E-state index contributed by atoms with van der Waals surface area (Å²) in [6, 6.07) is 0.466. The average molecular weight is 230 g/mol. The van der Waals surface area contributed by atoms with E-state index < -0.39 is 5.60 Å². The van der Waals surface area contributed by atoms with Crippen LogP contribution in [0, 0.1) is 5.92 Å². The van der Waals surface area contributed by atoms with Crippen LogP contribution in [-0.2, 0) is 0 Å². The van der Waals surface area contributed by atoms with Gasteiger partial charge in [-0.25, -0.2) is 0 Å². The number of likely N-dealkylation sites (N-methyl/N-ethyl adjacent to an activating group) is 1. The van der Waals surface area contributed by atoms with Crippen LogP contribution in [-0.4, -0.2) is 48.8 Å². The van der Waals surface area contributed by atoms with Crippen LogP contribution in [0.3, 0.4) is 0 Å². The van der Waals surface area contributed by atoms with Gasteiger partial charge in [-0.2, -0.15) is 0 Å². The average Bonchev–Trinajstić information content (AvgIpc) is 2.13. The van der Waals surface area contributed by atoms with Crippen LogP contribution in [0.1, 0.15) is 40.5 Å². The monoisotopic (exact) mass is 230 g/mol. The Morgan fingerprint density at radius 1 is 1.31 bits per heavy atom. The van der Waals surface area contributed by atoms with Crippen molar-refractivity contribution in [3.8, 4) is 0 Å². The lowest BCUT2D eigenvalue weighted by atomic mass is 10.00. The molecule has 2 atom stereocenters. The van der Waals surface area contributed by atoms with Crippen molar-refractivity contribution in [1.29, 1.82) is 0 Å². The van der Waals surface area contributed by atoms with Crippen LogP contribution >= 0.6 is 0 Å². The summed E-state index contributed by atoms with van der Waals surface area (Å²) in [6.07, 6.45) is 1.94. The van der Waals surface area contributed by atoms with Crippen LogP contribution < -0.4 is 5.32 Å². The van der Waals surface area contributed by atoms with Crippen molar-refractivity contribution in [2.45, 2.75) is 52.2 Å². The summed E-state index contributed by atoms with van der Waals surface area (Å²) in [5.74, 6) is 0.684. The second kappa shape index (κ2) is 7.25. The predicted octanol–water partition coefficient (Wildman–Crippen LogP) is 1.71. The van der Waals surface area contributed by atoms with Gasteiger partial charge < -0.3 is 15.3 Å². The second-order valence-electron chi connectivity index (χ2n) is 5.82. The molecule has 0 aromatic carbocycles. The normalized spacial score (nSPS) is 17.8. The first-order valence-corrected chi connectivity index (χ1v) is 6.37. The predicted molar refractivity (Wildman–Crippen MR) is 70.7 cm³/mol. The standard InChI is InChI=1S/C13H30N2O/c1-7-13(4,16)10-14-12(8-11(2)3)9-15(5)6/h11-12,14,16H,7-10H2,1-6H3. The van der Waals surface area contributed by atoms with E-state index in [0.29, 0.717) is 18.5 Å². The molecule has 0 saturated heterocycles. The molecule has 0 saturated carbocycles. The quantitative estimate of drug-likeness (QED) is 0.666. The van der Waals surface area contributed by atoms with Crippen LogP contribution in [0.4, 0.5) is 0 Å². The van der Waals surface area contributed by atoms with Crippen LogP contribution in [0.25, 0.3) is 0 Å². The van der Waals surface area contributed by atoms with Crippen molar-refractivity contribution in [2.75, 3.05) is 27.2 Å². The fourth-order valence-corrected chi connectivity index (χ4v) is 1.72. The minimum absolute atomic E-state index is 0.466. The number of hydrogen-bond donors (Lipinski definition) is 2. The van der Waals surface area contributed by atoms with Gasteiger partial charge in [0.15, 0.2) is 0 Å². The molecule has 3 nitrogen and oxygen atoms in total. The topological polar surface area (TPSA) is 35.5 Å². The summed E-state index contributed by atoms with van der Waals surface area (Å²) in [5, 5.41) is 13.4. The molecule has 0 radical (unpaired) electrons. The Morgan fingerprint density at radius 3 is 2.25 bits per heavy atom. The smallest absolute Gasteiger partial charge is 0.0741 e. The van der Waals surface area contributed by atoms with Gasteiger partial charge in [0.1, 0.15) is 0 Å². The van der Waals surface area contributed by atoms with Crippen molar-refractivity contribution in [1.82, 2.24) is 10.2 Å². The van der Waals surface area contributed by atoms with Gasteiger partial charge in [-0.15, -0.1) is 0 Å². The van der Waals surface area contributed by atoms with Crippen molar-refractivity contribution in [3.05, 3.63) is 0 Å². The van der Waals surface area contributed by atoms with Gasteiger partial charge in [-0.05, 0) is 39.8 Å². The van der Waals surface area contributed by atoms with Gasteiger partial charge in [-0.3, -0.25) is 0 Å². The van der Waals surface area contributed by atoms with E-state index in [1.54, 1.807) is 0 Å². The van der Waals surface area contributed by atoms with Crippen molar-refractivity contribution >= 4 is 0 Å². The molecule has 0 bridgehead atoms. The fraction of sp³-hybridized carbons (Fsp3) is 1.00. The highest BCUT2D eigenvalue weighted by atomic mass is 16.3. The molecule has 0 fully saturated rings. The number of nitrogens with zero attached hydrogens (tertiary/aromatic N) is 1. The summed E-state index contributed by atoms with van der Waals surface area (Å²) >= 11 is 0. The molecular weight excluding hydrogens is 200 g/mol. The van der Waals surface area contributed by atoms with Gasteiger partial charge in [-0.1, -0.05) is 20.8 Å². The summed E-state index contributed by atoms with van der Waals surface area (Å²) in [5.41, 5.74) is -0.582. The molecule has 0 aliphatic carbocycles. The Hall–Kier alpha value is -0.120. The van der Waals surface area contributed by atoms with Gasteiger partial charge >= 0.3 is 0 Å². The minimum Gasteiger partial charge on any atom is -0.389 e. The van der Waals surface area contributed by atoms with Gasteiger partial charge in [0, 0.05) is 19.1 Å². The second-order valence-corrected chi connectivity index (χ2v) is 5.82. The van der Waals surface area contributed by atoms with E-state index >= 15 is 0 Å². The zero-order valence-electron chi connectivity index (χ0n) is 11.9. The third-order valence-electron chi connectivity index (χ3n) is 2.87. The first-order chi connectivity index (χ1) is 7.26. The van der Waals surface area contributed by atoms with Crippen molar-refractivity contribution in [2.24, 2.45) is 5.92 Å². The molecule has 2 unspecified atom stereocenters. The van der Waals surface area contributed by atoms with Gasteiger partial charge in [0.25, 0.3) is 0 Å². The summed E-state index contributed by atoms with van der Waals surface area (Å²) in [7, 11) is 4.18. The third kappa shape index (κ3) is 8.08. The van der Waals surface area contributed by atoms with Gasteiger partial charge in [0.2, 0.25) is 0 Å². The van der Waals surface area contributed by atoms with E-state index in [4.69, 9.17) is 0 Å². The maximum atomic E-state index is 9.96. The molecule has 0 amide bonds. The van der Waals surface area contributed by atoms with Crippen LogP contribution in [0.5, 0.6) is 0 Å². The van der Waals surface area contributed by atoms with E-state index in [1.807, 2.05) is 13.8 Å². The van der Waals surface area contributed by atoms with Crippen molar-refractivity contribution in [3.63, 3.8) is 0 Å². The Morgan fingerprint density at radius 2 is 1.88 bits per heavy atom. The number of hydrogen-bond acceptors (Lipinski definition) is 3. The van der Waals surface area contributed by atoms with Crippen LogP contribution in [0.2, 0.25) is 0 Å². The molecule has 98 valence electrons. The lowest BCUT2D eigenvalue weighted by Gasteiger charge is -2.29. The molecule has 0 heterocycles. The molecule has 0 aromatic heterocycles. The highest BCUT2D eigenvalue weighted by molar-refractivity contribution is 4.78. The molecule has 0 aromatic rings. The molecule has 0 spiro atoms. The fourth-order valence-electron chi connectivity index (χ4n) is 1.72. The minimum atomic E-state index is -0.582. The van der Waals surface area contributed by atoms with Crippen LogP contribution in [0.15, 0.2) is 0 Å². The summed E-state index contributed by atoms with van der Waals surface area (Å²) < 4.78 is 0. The maximum absolute atomic E-state index is 9.96. The van der Waals surface area contributed by atoms with Gasteiger partial charge in [0.05, 0.1) is 5.60 Å². The Kier molecular flexibility index (Phi) is 7.20. The third-order valence-corrected chi connectivity index (χ3v) is 2.87. The van der Waals surface area contributed by atoms with Crippen molar-refractivity contribution < 1.29 is 5.11 Å². The highest BCUT2D eigenvalue weighted by Crippen LogP contribution is 2.10. The molecular formula is C13H30N2O. The van der Waals surface area contributed by atoms with E-state index in [9.17, 15) is 5.11 Å². The zero-order valence-corrected chi connectivity index (χ0v) is 11.9. The summed E-state index contributed by atoms with van der Waals surface area (Å²) in [4.78, 5) is 2.20. The Balaban J connectivity index is 4.10. The first kappa shape index (κ1) is 15.9. The van der Waals surface area contributed by atoms with E-state index in [0.717, 1.165) is 19.4 Å². The largest absolute Gasteiger partial charge is 0.389 e. The Bertz CT molecular complexity index is 169. The number of aliphatic hydroxyl groups is 1. The molecule has 2 N–H and O–H groups in total. The maximum Gasteiger partial charge on any atom is 0.0741 e. The number of rotatable bonds is 8. The van der Waals surface area contributed by atoms with E-state index in [-0.39, 0.29) is 0 Å².